The zero-order chi connectivity index (χ0) is 24.7. The second-order valence-corrected chi connectivity index (χ2v) is 10.9. The minimum Gasteiger partial charge on any atom is -0.494 e. The Balaban J connectivity index is 1.49. The molecule has 0 radical (unpaired) electrons. The number of aryl methyl sites for hydroxylation is 3. The minimum atomic E-state index is -0.172. The lowest BCUT2D eigenvalue weighted by Gasteiger charge is -2.10. The van der Waals surface area contributed by atoms with Crippen molar-refractivity contribution in [2.75, 3.05) is 7.11 Å². The molecule has 6 nitrogen and oxygen atoms in total. The standard InChI is InChI=1S/C27H26N4O2S2/c1-15-9-10-22(33-4)21(11-15)29-27-30-25(32)24(35-27)13-18-12-16(2)31(17(18)3)26-20(14-28)19-7-5-6-8-23(19)34-26/h9-13H,5-8H2,1-4H3,(H,29,30,32)/b24-13-. The molecule has 0 spiro atoms. The molecule has 2 aromatic heterocycles. The molecular formula is C27H26N4O2S2. The van der Waals surface area contributed by atoms with Gasteiger partial charge in [0.2, 0.25) is 0 Å². The van der Waals surface area contributed by atoms with Crippen molar-refractivity contribution in [3.63, 3.8) is 0 Å². The van der Waals surface area contributed by atoms with Gasteiger partial charge in [-0.3, -0.25) is 4.79 Å². The van der Waals surface area contributed by atoms with Crippen molar-refractivity contribution in [3.8, 4) is 16.8 Å². The summed E-state index contributed by atoms with van der Waals surface area (Å²) in [5, 5.41) is 14.3. The Kier molecular flexibility index (Phi) is 6.30. The maximum absolute atomic E-state index is 12.7. The lowest BCUT2D eigenvalue weighted by molar-refractivity contribution is -0.115. The third-order valence-electron chi connectivity index (χ3n) is 6.43. The van der Waals surface area contributed by atoms with E-state index in [1.807, 2.05) is 45.0 Å². The van der Waals surface area contributed by atoms with E-state index in [0.29, 0.717) is 21.5 Å². The average molecular weight is 503 g/mol. The van der Waals surface area contributed by atoms with Gasteiger partial charge >= 0.3 is 0 Å². The first-order chi connectivity index (χ1) is 16.9. The van der Waals surface area contributed by atoms with E-state index in [2.05, 4.69) is 27.0 Å². The van der Waals surface area contributed by atoms with Gasteiger partial charge < -0.3 is 14.6 Å². The molecule has 8 heteroatoms. The highest BCUT2D eigenvalue weighted by molar-refractivity contribution is 8.18. The fraction of sp³-hybridized carbons (Fsp3) is 0.296. The number of amides is 1. The molecule has 1 saturated heterocycles. The summed E-state index contributed by atoms with van der Waals surface area (Å²) in [5.74, 6) is 0.486. The third-order valence-corrected chi connectivity index (χ3v) is 8.62. The molecule has 35 heavy (non-hydrogen) atoms. The number of carbonyl (C=O) groups excluding carboxylic acids is 1. The normalized spacial score (nSPS) is 17.5. The number of thiophene rings is 1. The summed E-state index contributed by atoms with van der Waals surface area (Å²) in [4.78, 5) is 19.3. The number of rotatable bonds is 4. The Morgan fingerprint density at radius 2 is 2.00 bits per heavy atom. The van der Waals surface area contributed by atoms with Crippen LogP contribution in [0.15, 0.2) is 34.2 Å². The summed E-state index contributed by atoms with van der Waals surface area (Å²) in [7, 11) is 1.61. The van der Waals surface area contributed by atoms with E-state index in [4.69, 9.17) is 4.74 Å². The number of aliphatic imine (C=N–C) groups is 1. The van der Waals surface area contributed by atoms with Crippen LogP contribution in [0.5, 0.6) is 5.75 Å². The van der Waals surface area contributed by atoms with Crippen LogP contribution in [0.3, 0.4) is 0 Å². The van der Waals surface area contributed by atoms with Gasteiger partial charge in [-0.25, -0.2) is 4.99 Å². The van der Waals surface area contributed by atoms with Gasteiger partial charge in [0.15, 0.2) is 5.17 Å². The summed E-state index contributed by atoms with van der Waals surface area (Å²) in [6.07, 6.45) is 6.27. The number of amidine groups is 1. The lowest BCUT2D eigenvalue weighted by atomic mass is 9.96. The number of hydrogen-bond acceptors (Lipinski definition) is 6. The van der Waals surface area contributed by atoms with Gasteiger partial charge in [0.25, 0.3) is 5.91 Å². The van der Waals surface area contributed by atoms with Crippen LogP contribution >= 0.6 is 23.1 Å². The van der Waals surface area contributed by atoms with Gasteiger partial charge in [0, 0.05) is 16.3 Å². The SMILES string of the molecule is COc1ccc(C)cc1N=C1NC(=O)/C(=C/c2cc(C)n(-c3sc4c(c3C#N)CCCC4)c2C)S1. The van der Waals surface area contributed by atoms with Gasteiger partial charge in [0.1, 0.15) is 22.5 Å². The van der Waals surface area contributed by atoms with Crippen LogP contribution in [-0.2, 0) is 17.6 Å². The van der Waals surface area contributed by atoms with Crippen LogP contribution in [0.25, 0.3) is 11.1 Å². The fourth-order valence-corrected chi connectivity index (χ4v) is 6.96. The zero-order valence-electron chi connectivity index (χ0n) is 20.2. The highest BCUT2D eigenvalue weighted by Crippen LogP contribution is 2.39. The van der Waals surface area contributed by atoms with Crippen LogP contribution in [0.1, 0.15) is 51.4 Å². The summed E-state index contributed by atoms with van der Waals surface area (Å²) in [5.41, 5.74) is 6.81. The maximum Gasteiger partial charge on any atom is 0.264 e. The molecule has 1 aliphatic heterocycles. The molecule has 1 aromatic carbocycles. The van der Waals surface area contributed by atoms with Crippen LogP contribution in [0.2, 0.25) is 0 Å². The predicted octanol–water partition coefficient (Wildman–Crippen LogP) is 6.11. The predicted molar refractivity (Wildman–Crippen MR) is 143 cm³/mol. The van der Waals surface area contributed by atoms with E-state index < -0.39 is 0 Å². The zero-order valence-corrected chi connectivity index (χ0v) is 21.8. The first-order valence-corrected chi connectivity index (χ1v) is 13.2. The Morgan fingerprint density at radius 3 is 2.77 bits per heavy atom. The van der Waals surface area contributed by atoms with Gasteiger partial charge in [-0.15, -0.1) is 11.3 Å². The molecule has 1 aliphatic carbocycles. The van der Waals surface area contributed by atoms with Crippen molar-refractivity contribution in [2.24, 2.45) is 4.99 Å². The van der Waals surface area contributed by atoms with E-state index in [-0.39, 0.29) is 5.91 Å². The number of methoxy groups -OCH3 is 1. The summed E-state index contributed by atoms with van der Waals surface area (Å²) < 4.78 is 7.58. The van der Waals surface area contributed by atoms with Crippen molar-refractivity contribution in [3.05, 3.63) is 67.7 Å². The smallest absolute Gasteiger partial charge is 0.264 e. The van der Waals surface area contributed by atoms with E-state index in [0.717, 1.165) is 52.3 Å². The highest BCUT2D eigenvalue weighted by atomic mass is 32.2. The molecule has 0 atom stereocenters. The third kappa shape index (κ3) is 4.30. The number of nitrogens with zero attached hydrogens (tertiary/aromatic N) is 3. The molecule has 3 heterocycles. The first-order valence-electron chi connectivity index (χ1n) is 11.6. The molecule has 2 aliphatic rings. The van der Waals surface area contributed by atoms with Gasteiger partial charge in [-0.1, -0.05) is 6.07 Å². The molecule has 0 unspecified atom stereocenters. The number of carbonyl (C=O) groups is 1. The number of thioether (sulfide) groups is 1. The molecular weight excluding hydrogens is 476 g/mol. The van der Waals surface area contributed by atoms with Crippen molar-refractivity contribution in [1.82, 2.24) is 9.88 Å². The van der Waals surface area contributed by atoms with Crippen LogP contribution < -0.4 is 10.1 Å². The number of nitrogens with one attached hydrogen (secondary N) is 1. The largest absolute Gasteiger partial charge is 0.494 e. The Labute approximate surface area is 213 Å². The molecule has 1 N–H and O–H groups in total. The molecule has 178 valence electrons. The quantitative estimate of drug-likeness (QED) is 0.436. The van der Waals surface area contributed by atoms with Crippen molar-refractivity contribution in [1.29, 1.82) is 5.26 Å². The molecule has 0 saturated carbocycles. The number of ether oxygens (including phenoxy) is 1. The average Bonchev–Trinajstić information content (AvgIpc) is 3.46. The second kappa shape index (κ2) is 9.40. The fourth-order valence-electron chi connectivity index (χ4n) is 4.69. The van der Waals surface area contributed by atoms with Crippen molar-refractivity contribution < 1.29 is 9.53 Å². The van der Waals surface area contributed by atoms with Gasteiger partial charge in [-0.2, -0.15) is 5.26 Å². The van der Waals surface area contributed by atoms with Gasteiger partial charge in [0.05, 0.1) is 17.6 Å². The second-order valence-electron chi connectivity index (χ2n) is 8.82. The number of fused-ring (bicyclic) bond motifs is 1. The summed E-state index contributed by atoms with van der Waals surface area (Å²) in [6, 6.07) is 10.3. The monoisotopic (exact) mass is 502 g/mol. The maximum atomic E-state index is 12.7. The number of aromatic nitrogens is 1. The molecule has 0 bridgehead atoms. The topological polar surface area (TPSA) is 79.4 Å². The Morgan fingerprint density at radius 1 is 1.20 bits per heavy atom. The number of nitriles is 1. The highest BCUT2D eigenvalue weighted by Gasteiger charge is 2.27. The van der Waals surface area contributed by atoms with Crippen molar-refractivity contribution >= 4 is 45.9 Å². The molecule has 3 aromatic rings. The van der Waals surface area contributed by atoms with E-state index in [9.17, 15) is 10.1 Å². The Hall–Kier alpha value is -3.28. The molecule has 1 amide bonds. The summed E-state index contributed by atoms with van der Waals surface area (Å²) in [6.45, 7) is 6.09. The number of benzene rings is 1. The van der Waals surface area contributed by atoms with E-state index >= 15 is 0 Å². The molecule has 1 fully saturated rings. The Bertz CT molecular complexity index is 1450. The number of hydrogen-bond donors (Lipinski definition) is 1. The minimum absolute atomic E-state index is 0.172. The summed E-state index contributed by atoms with van der Waals surface area (Å²) >= 11 is 3.05. The van der Waals surface area contributed by atoms with Gasteiger partial charge in [-0.05, 0) is 99.2 Å². The first kappa shape index (κ1) is 23.5. The lowest BCUT2D eigenvalue weighted by Crippen LogP contribution is -2.19. The van der Waals surface area contributed by atoms with E-state index in [1.165, 1.54) is 28.6 Å². The van der Waals surface area contributed by atoms with Crippen molar-refractivity contribution in [2.45, 2.75) is 46.5 Å². The van der Waals surface area contributed by atoms with Crippen LogP contribution in [-0.4, -0.2) is 22.8 Å². The molecule has 5 rings (SSSR count). The van der Waals surface area contributed by atoms with Crippen LogP contribution in [0, 0.1) is 32.1 Å². The van der Waals surface area contributed by atoms with E-state index in [1.54, 1.807) is 18.4 Å². The van der Waals surface area contributed by atoms with Crippen LogP contribution in [0.4, 0.5) is 5.69 Å².